The van der Waals surface area contributed by atoms with Crippen molar-refractivity contribution in [1.82, 2.24) is 4.31 Å². The van der Waals surface area contributed by atoms with E-state index in [2.05, 4.69) is 0 Å². The topological polar surface area (TPSA) is 76.8 Å². The quantitative estimate of drug-likeness (QED) is 0.610. The molecule has 3 rings (SSSR count). The highest BCUT2D eigenvalue weighted by Crippen LogP contribution is 2.26. The van der Waals surface area contributed by atoms with Gasteiger partial charge in [-0.1, -0.05) is 30.2 Å². The summed E-state index contributed by atoms with van der Waals surface area (Å²) in [6.45, 7) is 0.922. The van der Waals surface area contributed by atoms with Crippen molar-refractivity contribution in [2.45, 2.75) is 24.4 Å². The van der Waals surface area contributed by atoms with Crippen molar-refractivity contribution in [3.63, 3.8) is 0 Å². The lowest BCUT2D eigenvalue weighted by molar-refractivity contribution is 0.0695. The van der Waals surface area contributed by atoms with Crippen LogP contribution in [-0.4, -0.2) is 31.8 Å². The van der Waals surface area contributed by atoms with Gasteiger partial charge in [0, 0.05) is 13.1 Å². The molecule has 0 aliphatic carbocycles. The molecule has 24 heavy (non-hydrogen) atoms. The van der Waals surface area contributed by atoms with Gasteiger partial charge < -0.3 is 9.15 Å². The van der Waals surface area contributed by atoms with Crippen molar-refractivity contribution in [2.24, 2.45) is 0 Å². The Kier molecular flexibility index (Phi) is 4.93. The van der Waals surface area contributed by atoms with Crippen molar-refractivity contribution in [3.8, 4) is 5.75 Å². The Morgan fingerprint density at radius 2 is 1.79 bits per heavy atom. The van der Waals surface area contributed by atoms with Gasteiger partial charge in [-0.2, -0.15) is 4.31 Å². The van der Waals surface area contributed by atoms with E-state index in [-0.39, 0.29) is 21.6 Å². The van der Waals surface area contributed by atoms with Crippen molar-refractivity contribution < 1.29 is 22.4 Å². The van der Waals surface area contributed by atoms with Crippen LogP contribution in [0.1, 0.15) is 29.8 Å². The number of hydrogen-bond donors (Lipinski definition) is 0. The Hall–Kier alpha value is -1.83. The maximum Gasteiger partial charge on any atom is 0.379 e. The fraction of sp³-hybridized carbons (Fsp3) is 0.312. The largest absolute Gasteiger partial charge is 0.436 e. The van der Waals surface area contributed by atoms with Gasteiger partial charge in [0.1, 0.15) is 5.75 Å². The molecular formula is C16H16ClNO5S. The molecule has 1 fully saturated rings. The Labute approximate surface area is 145 Å². The molecule has 1 saturated heterocycles. The van der Waals surface area contributed by atoms with Crippen LogP contribution >= 0.6 is 11.6 Å². The Morgan fingerprint density at radius 3 is 2.50 bits per heavy atom. The molecule has 8 heteroatoms. The summed E-state index contributed by atoms with van der Waals surface area (Å²) < 4.78 is 36.7. The highest BCUT2D eigenvalue weighted by molar-refractivity contribution is 7.89. The molecule has 0 bridgehead atoms. The Morgan fingerprint density at radius 1 is 1.08 bits per heavy atom. The van der Waals surface area contributed by atoms with E-state index in [1.165, 1.54) is 22.5 Å². The molecule has 1 aromatic heterocycles. The number of carbonyl (C=O) groups is 1. The summed E-state index contributed by atoms with van der Waals surface area (Å²) in [6.07, 6.45) is 2.66. The number of hydrogen-bond acceptors (Lipinski definition) is 5. The second kappa shape index (κ2) is 6.96. The highest BCUT2D eigenvalue weighted by Gasteiger charge is 2.30. The standard InChI is InChI=1S/C16H16ClNO5S/c17-12-6-2-3-7-13(12)23-16(19)14-8-9-15(22-14)24(20,21)18-10-4-1-5-11-18/h2-3,6-9H,1,4-5,10-11H2. The minimum atomic E-state index is -3.72. The molecule has 0 saturated carbocycles. The molecule has 0 amide bonds. The van der Waals surface area contributed by atoms with E-state index in [4.69, 9.17) is 20.8 Å². The molecule has 1 aromatic carbocycles. The van der Waals surface area contributed by atoms with Crippen LogP contribution in [0.5, 0.6) is 5.75 Å². The maximum absolute atomic E-state index is 12.5. The molecule has 1 aliphatic rings. The molecule has 0 unspecified atom stereocenters. The third-order valence-corrected chi connectivity index (χ3v) is 5.82. The van der Waals surface area contributed by atoms with E-state index in [1.807, 2.05) is 0 Å². The zero-order valence-corrected chi connectivity index (χ0v) is 14.3. The molecule has 6 nitrogen and oxygen atoms in total. The lowest BCUT2D eigenvalue weighted by Crippen LogP contribution is -2.35. The number of benzene rings is 1. The van der Waals surface area contributed by atoms with Crippen LogP contribution in [0.2, 0.25) is 5.02 Å². The predicted octanol–water partition coefficient (Wildman–Crippen LogP) is 3.33. The second-order valence-electron chi connectivity index (χ2n) is 5.40. The van der Waals surface area contributed by atoms with E-state index in [9.17, 15) is 13.2 Å². The van der Waals surface area contributed by atoms with Crippen LogP contribution in [0.25, 0.3) is 0 Å². The van der Waals surface area contributed by atoms with Gasteiger partial charge in [0.15, 0.2) is 0 Å². The van der Waals surface area contributed by atoms with Crippen molar-refractivity contribution in [2.75, 3.05) is 13.1 Å². The molecular weight excluding hydrogens is 354 g/mol. The minimum absolute atomic E-state index is 0.181. The van der Waals surface area contributed by atoms with Gasteiger partial charge in [-0.05, 0) is 37.1 Å². The second-order valence-corrected chi connectivity index (χ2v) is 7.68. The van der Waals surface area contributed by atoms with Crippen LogP contribution in [0.15, 0.2) is 45.9 Å². The summed E-state index contributed by atoms with van der Waals surface area (Å²) in [6, 6.07) is 9.05. The highest BCUT2D eigenvalue weighted by atomic mass is 35.5. The van der Waals surface area contributed by atoms with Gasteiger partial charge in [-0.25, -0.2) is 13.2 Å². The predicted molar refractivity (Wildman–Crippen MR) is 87.7 cm³/mol. The molecule has 2 aromatic rings. The number of carbonyl (C=O) groups excluding carboxylic acids is 1. The van der Waals surface area contributed by atoms with E-state index in [0.717, 1.165) is 19.3 Å². The normalized spacial score (nSPS) is 16.0. The summed E-state index contributed by atoms with van der Waals surface area (Å²) in [5, 5.41) is 0.0223. The summed E-state index contributed by atoms with van der Waals surface area (Å²) in [4.78, 5) is 12.1. The lowest BCUT2D eigenvalue weighted by atomic mass is 10.2. The molecule has 2 heterocycles. The Balaban J connectivity index is 1.77. The maximum atomic E-state index is 12.5. The molecule has 0 N–H and O–H groups in total. The third kappa shape index (κ3) is 3.48. The molecule has 0 atom stereocenters. The smallest absolute Gasteiger partial charge is 0.379 e. The van der Waals surface area contributed by atoms with E-state index >= 15 is 0 Å². The van der Waals surface area contributed by atoms with Gasteiger partial charge in [0.25, 0.3) is 10.0 Å². The van der Waals surface area contributed by atoms with Gasteiger partial charge in [-0.15, -0.1) is 0 Å². The summed E-state index contributed by atoms with van der Waals surface area (Å²) in [7, 11) is -3.72. The number of rotatable bonds is 4. The molecule has 1 aliphatic heterocycles. The van der Waals surface area contributed by atoms with Crippen LogP contribution in [-0.2, 0) is 10.0 Å². The van der Waals surface area contributed by atoms with Crippen molar-refractivity contribution in [3.05, 3.63) is 47.2 Å². The minimum Gasteiger partial charge on any atom is -0.436 e. The van der Waals surface area contributed by atoms with Crippen molar-refractivity contribution in [1.29, 1.82) is 0 Å². The number of esters is 1. The third-order valence-electron chi connectivity index (χ3n) is 3.73. The van der Waals surface area contributed by atoms with Crippen LogP contribution in [0.4, 0.5) is 0 Å². The molecule has 0 spiro atoms. The lowest BCUT2D eigenvalue weighted by Gasteiger charge is -2.24. The fourth-order valence-corrected chi connectivity index (χ4v) is 4.08. The average Bonchev–Trinajstić information content (AvgIpc) is 3.09. The number of piperidine rings is 1. The summed E-state index contributed by atoms with van der Waals surface area (Å²) in [5.41, 5.74) is 0. The van der Waals surface area contributed by atoms with E-state index < -0.39 is 16.0 Å². The monoisotopic (exact) mass is 369 g/mol. The fourth-order valence-electron chi connectivity index (χ4n) is 2.48. The van der Waals surface area contributed by atoms with Gasteiger partial charge >= 0.3 is 5.97 Å². The zero-order valence-electron chi connectivity index (χ0n) is 12.8. The average molecular weight is 370 g/mol. The SMILES string of the molecule is O=C(Oc1ccccc1Cl)c1ccc(S(=O)(=O)N2CCCCC2)o1. The molecule has 128 valence electrons. The zero-order chi connectivity index (χ0) is 17.2. The van der Waals surface area contributed by atoms with Crippen LogP contribution in [0.3, 0.4) is 0 Å². The van der Waals surface area contributed by atoms with E-state index in [0.29, 0.717) is 13.1 Å². The van der Waals surface area contributed by atoms with Crippen molar-refractivity contribution >= 4 is 27.6 Å². The molecule has 0 radical (unpaired) electrons. The first-order valence-electron chi connectivity index (χ1n) is 7.55. The Bertz CT molecular complexity index is 840. The number of halogens is 1. The first kappa shape index (κ1) is 17.0. The van der Waals surface area contributed by atoms with Crippen LogP contribution in [0, 0.1) is 0 Å². The first-order chi connectivity index (χ1) is 11.5. The summed E-state index contributed by atoms with van der Waals surface area (Å²) in [5.74, 6) is -0.810. The number of nitrogens with zero attached hydrogens (tertiary/aromatic N) is 1. The first-order valence-corrected chi connectivity index (χ1v) is 9.37. The number of para-hydroxylation sites is 1. The number of furan rings is 1. The van der Waals surface area contributed by atoms with Gasteiger partial charge in [0.2, 0.25) is 10.9 Å². The van der Waals surface area contributed by atoms with E-state index in [1.54, 1.807) is 18.2 Å². The summed E-state index contributed by atoms with van der Waals surface area (Å²) >= 11 is 5.92. The number of sulfonamides is 1. The van der Waals surface area contributed by atoms with Gasteiger partial charge in [0.05, 0.1) is 5.02 Å². The van der Waals surface area contributed by atoms with Gasteiger partial charge in [-0.3, -0.25) is 0 Å². The van der Waals surface area contributed by atoms with Crippen LogP contribution < -0.4 is 4.74 Å². The number of ether oxygens (including phenoxy) is 1.